The molecule has 0 saturated carbocycles. The van der Waals surface area contributed by atoms with Crippen molar-refractivity contribution in [3.05, 3.63) is 60.3 Å². The number of rotatable bonds is 6. The van der Waals surface area contributed by atoms with Crippen LogP contribution in [0.2, 0.25) is 0 Å². The van der Waals surface area contributed by atoms with E-state index in [-0.39, 0.29) is 18.0 Å². The molecule has 0 spiro atoms. The van der Waals surface area contributed by atoms with E-state index in [9.17, 15) is 9.59 Å². The SMILES string of the molecule is COc1ccc(N2C[C@H](NC(=O)NCCc3c[nH]c4ccccc34)CC2=O)cc1. The number of aromatic amines is 1. The number of nitrogens with one attached hydrogen (secondary N) is 3. The number of fused-ring (bicyclic) bond motifs is 1. The number of amides is 3. The number of aromatic nitrogens is 1. The van der Waals surface area contributed by atoms with Gasteiger partial charge < -0.3 is 25.3 Å². The van der Waals surface area contributed by atoms with Crippen molar-refractivity contribution in [1.29, 1.82) is 0 Å². The zero-order chi connectivity index (χ0) is 20.2. The summed E-state index contributed by atoms with van der Waals surface area (Å²) in [5.74, 6) is 0.740. The van der Waals surface area contributed by atoms with Gasteiger partial charge in [0.15, 0.2) is 0 Å². The molecule has 1 fully saturated rings. The Labute approximate surface area is 169 Å². The minimum absolute atomic E-state index is 0.000686. The number of hydrogen-bond acceptors (Lipinski definition) is 3. The largest absolute Gasteiger partial charge is 0.497 e. The van der Waals surface area contributed by atoms with E-state index in [1.807, 2.05) is 48.7 Å². The van der Waals surface area contributed by atoms with Gasteiger partial charge >= 0.3 is 6.03 Å². The average molecular weight is 392 g/mol. The quantitative estimate of drug-likeness (QED) is 0.603. The smallest absolute Gasteiger partial charge is 0.315 e. The number of carbonyl (C=O) groups excluding carboxylic acids is 2. The van der Waals surface area contributed by atoms with E-state index in [0.717, 1.165) is 23.4 Å². The van der Waals surface area contributed by atoms with Gasteiger partial charge in [-0.15, -0.1) is 0 Å². The van der Waals surface area contributed by atoms with Crippen molar-refractivity contribution in [3.8, 4) is 5.75 Å². The van der Waals surface area contributed by atoms with E-state index < -0.39 is 0 Å². The van der Waals surface area contributed by atoms with Gasteiger partial charge in [-0.25, -0.2) is 4.79 Å². The molecule has 0 unspecified atom stereocenters. The fraction of sp³-hybridized carbons (Fsp3) is 0.273. The van der Waals surface area contributed by atoms with Crippen LogP contribution in [-0.4, -0.2) is 43.2 Å². The summed E-state index contributed by atoms with van der Waals surface area (Å²) in [6.45, 7) is 0.984. The number of H-pyrrole nitrogens is 1. The van der Waals surface area contributed by atoms with E-state index in [2.05, 4.69) is 21.7 Å². The Morgan fingerprint density at radius 2 is 2.00 bits per heavy atom. The van der Waals surface area contributed by atoms with Crippen LogP contribution in [0.4, 0.5) is 10.5 Å². The van der Waals surface area contributed by atoms with Gasteiger partial charge in [0.05, 0.1) is 13.2 Å². The fourth-order valence-corrected chi connectivity index (χ4v) is 3.70. The average Bonchev–Trinajstić information content (AvgIpc) is 3.31. The molecule has 0 aliphatic carbocycles. The zero-order valence-electron chi connectivity index (χ0n) is 16.3. The normalized spacial score (nSPS) is 16.2. The molecule has 1 atom stereocenters. The molecule has 2 heterocycles. The molecule has 7 heteroatoms. The molecule has 7 nitrogen and oxygen atoms in total. The van der Waals surface area contributed by atoms with Crippen LogP contribution in [0.1, 0.15) is 12.0 Å². The molecule has 1 saturated heterocycles. The summed E-state index contributed by atoms with van der Waals surface area (Å²) in [4.78, 5) is 29.5. The molecule has 4 rings (SSSR count). The molecule has 2 aromatic carbocycles. The first-order valence-corrected chi connectivity index (χ1v) is 9.68. The van der Waals surface area contributed by atoms with E-state index in [1.165, 1.54) is 10.9 Å². The minimum atomic E-state index is -0.251. The summed E-state index contributed by atoms with van der Waals surface area (Å²) in [6.07, 6.45) is 3.01. The number of carbonyl (C=O) groups is 2. The monoisotopic (exact) mass is 392 g/mol. The molecule has 1 aromatic heterocycles. The highest BCUT2D eigenvalue weighted by Crippen LogP contribution is 2.24. The number of benzene rings is 2. The van der Waals surface area contributed by atoms with E-state index >= 15 is 0 Å². The lowest BCUT2D eigenvalue weighted by Gasteiger charge is -2.17. The third-order valence-corrected chi connectivity index (χ3v) is 5.20. The van der Waals surface area contributed by atoms with Gasteiger partial charge in [-0.3, -0.25) is 4.79 Å². The van der Waals surface area contributed by atoms with Crippen LogP contribution >= 0.6 is 0 Å². The second-order valence-electron chi connectivity index (χ2n) is 7.11. The summed E-state index contributed by atoms with van der Waals surface area (Å²) < 4.78 is 5.15. The Kier molecular flexibility index (Phi) is 5.37. The zero-order valence-corrected chi connectivity index (χ0v) is 16.3. The van der Waals surface area contributed by atoms with Crippen molar-refractivity contribution < 1.29 is 14.3 Å². The Morgan fingerprint density at radius 1 is 1.21 bits per heavy atom. The van der Waals surface area contributed by atoms with Gasteiger partial charge in [-0.2, -0.15) is 0 Å². The molecule has 29 heavy (non-hydrogen) atoms. The van der Waals surface area contributed by atoms with Gasteiger partial charge in [-0.1, -0.05) is 18.2 Å². The van der Waals surface area contributed by atoms with Gasteiger partial charge in [0.25, 0.3) is 0 Å². The van der Waals surface area contributed by atoms with Crippen LogP contribution in [0.5, 0.6) is 5.75 Å². The number of hydrogen-bond donors (Lipinski definition) is 3. The van der Waals surface area contributed by atoms with Gasteiger partial charge in [-0.05, 0) is 42.3 Å². The number of ether oxygens (including phenoxy) is 1. The highest BCUT2D eigenvalue weighted by molar-refractivity contribution is 5.96. The maximum absolute atomic E-state index is 12.3. The first-order valence-electron chi connectivity index (χ1n) is 9.68. The highest BCUT2D eigenvalue weighted by atomic mass is 16.5. The molecule has 1 aliphatic heterocycles. The summed E-state index contributed by atoms with van der Waals surface area (Å²) in [7, 11) is 1.60. The summed E-state index contributed by atoms with van der Waals surface area (Å²) in [6, 6.07) is 15.0. The number of nitrogens with zero attached hydrogens (tertiary/aromatic N) is 1. The number of methoxy groups -OCH3 is 1. The van der Waals surface area contributed by atoms with Gasteiger partial charge in [0.2, 0.25) is 5.91 Å². The number of para-hydroxylation sites is 1. The minimum Gasteiger partial charge on any atom is -0.497 e. The third kappa shape index (κ3) is 4.18. The second kappa shape index (κ2) is 8.26. The molecular formula is C22H24N4O3. The molecule has 3 aromatic rings. The molecule has 0 bridgehead atoms. The van der Waals surface area contributed by atoms with Crippen molar-refractivity contribution in [2.45, 2.75) is 18.9 Å². The molecule has 1 aliphatic rings. The van der Waals surface area contributed by atoms with Gasteiger partial charge in [0.1, 0.15) is 5.75 Å². The van der Waals surface area contributed by atoms with E-state index in [1.54, 1.807) is 12.0 Å². The molecule has 3 N–H and O–H groups in total. The maximum atomic E-state index is 12.3. The van der Waals surface area contributed by atoms with Crippen molar-refractivity contribution in [2.24, 2.45) is 0 Å². The summed E-state index contributed by atoms with van der Waals surface area (Å²) in [5, 5.41) is 6.96. The van der Waals surface area contributed by atoms with Gasteiger partial charge in [0, 0.05) is 42.3 Å². The lowest BCUT2D eigenvalue weighted by molar-refractivity contribution is -0.117. The van der Waals surface area contributed by atoms with Crippen LogP contribution in [0.3, 0.4) is 0 Å². The third-order valence-electron chi connectivity index (χ3n) is 5.20. The maximum Gasteiger partial charge on any atom is 0.315 e. The first kappa shape index (κ1) is 18.9. The molecule has 3 amide bonds. The van der Waals surface area contributed by atoms with Crippen molar-refractivity contribution >= 4 is 28.5 Å². The van der Waals surface area contributed by atoms with Crippen LogP contribution in [0.25, 0.3) is 10.9 Å². The summed E-state index contributed by atoms with van der Waals surface area (Å²) in [5.41, 5.74) is 3.07. The van der Waals surface area contributed by atoms with Crippen LogP contribution in [-0.2, 0) is 11.2 Å². The highest BCUT2D eigenvalue weighted by Gasteiger charge is 2.31. The van der Waals surface area contributed by atoms with E-state index in [4.69, 9.17) is 4.74 Å². The standard InChI is InChI=1S/C22H24N4O3/c1-29-18-8-6-17(7-9-18)26-14-16(12-21(26)27)25-22(28)23-11-10-15-13-24-20-5-3-2-4-19(15)20/h2-9,13,16,24H,10-12,14H2,1H3,(H2,23,25,28)/t16-/m1/s1. The van der Waals surface area contributed by atoms with Crippen molar-refractivity contribution in [1.82, 2.24) is 15.6 Å². The topological polar surface area (TPSA) is 86.5 Å². The lowest BCUT2D eigenvalue weighted by atomic mass is 10.1. The van der Waals surface area contributed by atoms with Crippen LogP contribution < -0.4 is 20.3 Å². The predicted octanol–water partition coefficient (Wildman–Crippen LogP) is 2.82. The van der Waals surface area contributed by atoms with Crippen LogP contribution in [0, 0.1) is 0 Å². The Balaban J connectivity index is 1.27. The lowest BCUT2D eigenvalue weighted by Crippen LogP contribution is -2.43. The van der Waals surface area contributed by atoms with Crippen LogP contribution in [0.15, 0.2) is 54.7 Å². The van der Waals surface area contributed by atoms with Crippen molar-refractivity contribution in [2.75, 3.05) is 25.1 Å². The first-order chi connectivity index (χ1) is 14.1. The fourth-order valence-electron chi connectivity index (χ4n) is 3.70. The number of urea groups is 1. The van der Waals surface area contributed by atoms with E-state index in [0.29, 0.717) is 19.5 Å². The predicted molar refractivity (Wildman–Crippen MR) is 112 cm³/mol. The Hall–Kier alpha value is -3.48. The molecular weight excluding hydrogens is 368 g/mol. The number of anilines is 1. The Morgan fingerprint density at radius 3 is 2.79 bits per heavy atom. The molecule has 0 radical (unpaired) electrons. The Bertz CT molecular complexity index is 1010. The second-order valence-corrected chi connectivity index (χ2v) is 7.11. The summed E-state index contributed by atoms with van der Waals surface area (Å²) >= 11 is 0. The van der Waals surface area contributed by atoms with Crippen molar-refractivity contribution in [3.63, 3.8) is 0 Å². The molecule has 150 valence electrons.